The second-order valence-electron chi connectivity index (χ2n) is 5.71. The first-order valence-corrected chi connectivity index (χ1v) is 9.89. The number of benzene rings is 1. The highest BCUT2D eigenvalue weighted by Gasteiger charge is 2.31. The summed E-state index contributed by atoms with van der Waals surface area (Å²) < 4.78 is 38.3. The van der Waals surface area contributed by atoms with Crippen LogP contribution >= 0.6 is 0 Å². The number of fused-ring (bicyclic) bond motifs is 1. The molecular formula is C16H23N3O4S. The molecule has 1 aromatic rings. The van der Waals surface area contributed by atoms with Crippen molar-refractivity contribution >= 4 is 22.0 Å². The molecule has 1 aromatic carbocycles. The Morgan fingerprint density at radius 1 is 1.42 bits per heavy atom. The maximum atomic E-state index is 12.1. The lowest BCUT2D eigenvalue weighted by atomic mass is 9.98. The molecule has 2 aliphatic heterocycles. The van der Waals surface area contributed by atoms with Gasteiger partial charge in [0.25, 0.3) is 0 Å². The number of sulfonamides is 1. The van der Waals surface area contributed by atoms with E-state index in [4.69, 9.17) is 9.47 Å². The van der Waals surface area contributed by atoms with Crippen molar-refractivity contribution in [2.45, 2.75) is 26.3 Å². The minimum atomic E-state index is -3.43. The average Bonchev–Trinajstić information content (AvgIpc) is 3.11. The summed E-state index contributed by atoms with van der Waals surface area (Å²) in [5.74, 6) is 1.04. The molecule has 1 unspecified atom stereocenters. The number of aliphatic imine (C=N–C) groups is 1. The summed E-state index contributed by atoms with van der Waals surface area (Å²) in [7, 11) is -3.43. The fraction of sp³-hybridized carbons (Fsp3) is 0.562. The Bertz CT molecular complexity index is 733. The second kappa shape index (κ2) is 6.88. The molecule has 132 valence electrons. The highest BCUT2D eigenvalue weighted by molar-refractivity contribution is 7.92. The third kappa shape index (κ3) is 3.28. The van der Waals surface area contributed by atoms with Crippen LogP contribution in [0, 0.1) is 0 Å². The van der Waals surface area contributed by atoms with Crippen LogP contribution < -0.4 is 14.2 Å². The zero-order valence-corrected chi connectivity index (χ0v) is 14.8. The third-order valence-electron chi connectivity index (χ3n) is 4.20. The van der Waals surface area contributed by atoms with Crippen LogP contribution in [-0.2, 0) is 10.0 Å². The number of hydrogen-bond donors (Lipinski definition) is 1. The Kier molecular flexibility index (Phi) is 4.84. The molecule has 8 heteroatoms. The molecule has 0 saturated carbocycles. The highest BCUT2D eigenvalue weighted by atomic mass is 32.2. The van der Waals surface area contributed by atoms with E-state index in [1.54, 1.807) is 6.92 Å². The first-order chi connectivity index (χ1) is 11.6. The zero-order valence-electron chi connectivity index (χ0n) is 14.0. The monoisotopic (exact) mass is 353 g/mol. The molecule has 0 bridgehead atoms. The Morgan fingerprint density at radius 3 is 2.92 bits per heavy atom. The summed E-state index contributed by atoms with van der Waals surface area (Å²) in [5, 5.41) is 0. The van der Waals surface area contributed by atoms with Gasteiger partial charge >= 0.3 is 0 Å². The lowest BCUT2D eigenvalue weighted by Crippen LogP contribution is -2.31. The molecule has 3 rings (SSSR count). The van der Waals surface area contributed by atoms with Gasteiger partial charge in [-0.15, -0.1) is 0 Å². The summed E-state index contributed by atoms with van der Waals surface area (Å²) in [6, 6.07) is 3.91. The van der Waals surface area contributed by atoms with Crippen LogP contribution in [-0.4, -0.2) is 51.7 Å². The van der Waals surface area contributed by atoms with Gasteiger partial charge in [-0.3, -0.25) is 9.71 Å². The topological polar surface area (TPSA) is 80.2 Å². The molecular weight excluding hydrogens is 330 g/mol. The van der Waals surface area contributed by atoms with Gasteiger partial charge in [0.1, 0.15) is 11.4 Å². The third-order valence-corrected chi connectivity index (χ3v) is 5.48. The van der Waals surface area contributed by atoms with Crippen LogP contribution in [0.25, 0.3) is 0 Å². The van der Waals surface area contributed by atoms with Crippen molar-refractivity contribution in [2.75, 3.05) is 36.8 Å². The molecule has 0 radical (unpaired) electrons. The maximum Gasteiger partial charge on any atom is 0.232 e. The van der Waals surface area contributed by atoms with E-state index >= 15 is 0 Å². The minimum absolute atomic E-state index is 0.00948. The molecule has 0 spiro atoms. The minimum Gasteiger partial charge on any atom is -0.492 e. The molecule has 1 atom stereocenters. The van der Waals surface area contributed by atoms with Crippen molar-refractivity contribution in [3.05, 3.63) is 17.7 Å². The van der Waals surface area contributed by atoms with Crippen molar-refractivity contribution in [1.29, 1.82) is 0 Å². The Morgan fingerprint density at radius 2 is 2.25 bits per heavy atom. The fourth-order valence-electron chi connectivity index (χ4n) is 3.00. The highest BCUT2D eigenvalue weighted by Crippen LogP contribution is 2.45. The van der Waals surface area contributed by atoms with Crippen LogP contribution in [0.2, 0.25) is 0 Å². The van der Waals surface area contributed by atoms with Crippen molar-refractivity contribution < 1.29 is 17.9 Å². The number of hydrogen-bond acceptors (Lipinski definition) is 6. The van der Waals surface area contributed by atoms with E-state index < -0.39 is 10.0 Å². The quantitative estimate of drug-likeness (QED) is 0.846. The van der Waals surface area contributed by atoms with Gasteiger partial charge in [-0.05, 0) is 26.0 Å². The van der Waals surface area contributed by atoms with Crippen molar-refractivity contribution in [1.82, 2.24) is 4.90 Å². The van der Waals surface area contributed by atoms with Gasteiger partial charge in [-0.2, -0.15) is 0 Å². The van der Waals surface area contributed by atoms with E-state index in [2.05, 4.69) is 14.6 Å². The number of nitrogens with zero attached hydrogens (tertiary/aromatic N) is 2. The zero-order chi connectivity index (χ0) is 17.2. The van der Waals surface area contributed by atoms with E-state index in [0.717, 1.165) is 25.1 Å². The standard InChI is InChI=1S/C16H23N3O4S/c1-3-22-14-6-5-12-13(19-9-8-17-11-19)7-10-23-16(12)15(14)18-24(20,21)4-2/h5-6,11,13,18H,3-4,7-10H2,1-2H3. The number of rotatable bonds is 6. The van der Waals surface area contributed by atoms with Gasteiger partial charge in [0.15, 0.2) is 5.75 Å². The molecule has 0 fully saturated rings. The molecule has 2 heterocycles. The number of anilines is 1. The predicted molar refractivity (Wildman–Crippen MR) is 93.6 cm³/mol. The smallest absolute Gasteiger partial charge is 0.232 e. The normalized spacial score (nSPS) is 19.8. The lowest BCUT2D eigenvalue weighted by molar-refractivity contribution is 0.210. The van der Waals surface area contributed by atoms with E-state index in [1.165, 1.54) is 0 Å². The molecule has 2 aliphatic rings. The van der Waals surface area contributed by atoms with Crippen molar-refractivity contribution in [2.24, 2.45) is 4.99 Å². The number of nitrogens with one attached hydrogen (secondary N) is 1. The maximum absolute atomic E-state index is 12.1. The first kappa shape index (κ1) is 16.9. The van der Waals surface area contributed by atoms with E-state index in [9.17, 15) is 8.42 Å². The van der Waals surface area contributed by atoms with E-state index in [0.29, 0.717) is 30.4 Å². The molecule has 0 aliphatic carbocycles. The molecule has 0 saturated heterocycles. The largest absolute Gasteiger partial charge is 0.492 e. The predicted octanol–water partition coefficient (Wildman–Crippen LogP) is 2.01. The summed E-state index contributed by atoms with van der Waals surface area (Å²) in [6.07, 6.45) is 2.71. The van der Waals surface area contributed by atoms with Crippen LogP contribution in [0.1, 0.15) is 31.9 Å². The van der Waals surface area contributed by atoms with Gasteiger partial charge in [0, 0.05) is 18.5 Å². The van der Waals surface area contributed by atoms with E-state index in [1.807, 2.05) is 25.4 Å². The fourth-order valence-corrected chi connectivity index (χ4v) is 3.65. The molecule has 0 aromatic heterocycles. The summed E-state index contributed by atoms with van der Waals surface area (Å²) in [6.45, 7) is 6.09. The Labute approximate surface area is 142 Å². The second-order valence-corrected chi connectivity index (χ2v) is 7.72. The van der Waals surface area contributed by atoms with Gasteiger partial charge in [0.05, 0.1) is 37.9 Å². The Hall–Kier alpha value is -1.96. The van der Waals surface area contributed by atoms with Crippen LogP contribution in [0.15, 0.2) is 17.1 Å². The van der Waals surface area contributed by atoms with Crippen molar-refractivity contribution in [3.63, 3.8) is 0 Å². The van der Waals surface area contributed by atoms with Gasteiger partial charge in [0.2, 0.25) is 10.0 Å². The Balaban J connectivity index is 2.05. The summed E-state index contributed by atoms with van der Waals surface area (Å²) in [5.41, 5.74) is 1.36. The van der Waals surface area contributed by atoms with Crippen LogP contribution in [0.5, 0.6) is 11.5 Å². The first-order valence-electron chi connectivity index (χ1n) is 8.24. The summed E-state index contributed by atoms with van der Waals surface area (Å²) in [4.78, 5) is 6.46. The number of ether oxygens (including phenoxy) is 2. The SMILES string of the molecule is CCOc1ccc2c(c1NS(=O)(=O)CC)OCCC2N1C=NCC1. The summed E-state index contributed by atoms with van der Waals surface area (Å²) >= 11 is 0. The molecule has 24 heavy (non-hydrogen) atoms. The van der Waals surface area contributed by atoms with Gasteiger partial charge in [-0.1, -0.05) is 0 Å². The lowest BCUT2D eigenvalue weighted by Gasteiger charge is -2.33. The van der Waals surface area contributed by atoms with Gasteiger partial charge in [-0.25, -0.2) is 8.42 Å². The average molecular weight is 353 g/mol. The van der Waals surface area contributed by atoms with Gasteiger partial charge < -0.3 is 14.4 Å². The van der Waals surface area contributed by atoms with Crippen molar-refractivity contribution in [3.8, 4) is 11.5 Å². The van der Waals surface area contributed by atoms with Crippen LogP contribution in [0.3, 0.4) is 0 Å². The molecule has 0 amide bonds. The van der Waals surface area contributed by atoms with Crippen LogP contribution in [0.4, 0.5) is 5.69 Å². The molecule has 1 N–H and O–H groups in total. The van der Waals surface area contributed by atoms with E-state index in [-0.39, 0.29) is 11.8 Å². The molecule has 7 nitrogen and oxygen atoms in total.